The van der Waals surface area contributed by atoms with Gasteiger partial charge in [-0.15, -0.1) is 23.1 Å². The highest BCUT2D eigenvalue weighted by atomic mass is 32.2. The zero-order valence-electron chi connectivity index (χ0n) is 16.8. The zero-order chi connectivity index (χ0) is 20.3. The molecule has 0 aliphatic carbocycles. The Morgan fingerprint density at radius 3 is 2.80 bits per heavy atom. The minimum absolute atomic E-state index is 0.140. The lowest BCUT2D eigenvalue weighted by Crippen LogP contribution is -2.39. The first-order valence-corrected chi connectivity index (χ1v) is 12.1. The van der Waals surface area contributed by atoms with Gasteiger partial charge in [-0.25, -0.2) is 4.98 Å². The van der Waals surface area contributed by atoms with Gasteiger partial charge in [0.05, 0.1) is 21.5 Å². The van der Waals surface area contributed by atoms with E-state index in [0.29, 0.717) is 12.5 Å². The van der Waals surface area contributed by atoms with Gasteiger partial charge < -0.3 is 19.5 Å². The van der Waals surface area contributed by atoms with E-state index in [9.17, 15) is 0 Å². The Hall–Kier alpha value is -2.38. The summed E-state index contributed by atoms with van der Waals surface area (Å²) in [5, 5.41) is 7.29. The molecule has 2 aromatic carbocycles. The summed E-state index contributed by atoms with van der Waals surface area (Å²) in [6, 6.07) is 12.6. The summed E-state index contributed by atoms with van der Waals surface area (Å²) in [5.41, 5.74) is 4.50. The van der Waals surface area contributed by atoms with Crippen molar-refractivity contribution in [2.45, 2.75) is 36.3 Å². The van der Waals surface area contributed by atoms with Gasteiger partial charge in [0, 0.05) is 34.4 Å². The second-order valence-electron chi connectivity index (χ2n) is 8.17. The lowest BCUT2D eigenvalue weighted by atomic mass is 9.77. The highest BCUT2D eigenvalue weighted by Crippen LogP contribution is 2.57. The number of para-hydroxylation sites is 1. The first kappa shape index (κ1) is 18.4. The van der Waals surface area contributed by atoms with Crippen LogP contribution < -0.4 is 19.5 Å². The molecule has 0 fully saturated rings. The number of thioether (sulfide) groups is 1. The van der Waals surface area contributed by atoms with Gasteiger partial charge in [0.25, 0.3) is 0 Å². The van der Waals surface area contributed by atoms with E-state index in [2.05, 4.69) is 54.9 Å². The number of anilines is 1. The lowest BCUT2D eigenvalue weighted by molar-refractivity contribution is 0.173. The molecule has 0 saturated heterocycles. The number of fused-ring (bicyclic) bond motifs is 5. The molecule has 4 heterocycles. The highest BCUT2D eigenvalue weighted by molar-refractivity contribution is 7.99. The molecule has 1 N–H and O–H groups in total. The number of thiazole rings is 1. The van der Waals surface area contributed by atoms with Gasteiger partial charge in [-0.2, -0.15) is 0 Å². The van der Waals surface area contributed by atoms with E-state index in [1.54, 1.807) is 11.3 Å². The van der Waals surface area contributed by atoms with E-state index < -0.39 is 0 Å². The third kappa shape index (κ3) is 2.65. The number of ether oxygens (including phenoxy) is 3. The number of aromatic nitrogens is 1. The molecule has 154 valence electrons. The van der Waals surface area contributed by atoms with Crippen molar-refractivity contribution in [2.24, 2.45) is 0 Å². The second kappa shape index (κ2) is 6.82. The van der Waals surface area contributed by atoms with Crippen LogP contribution in [-0.4, -0.2) is 23.8 Å². The Morgan fingerprint density at radius 2 is 1.97 bits per heavy atom. The zero-order valence-corrected chi connectivity index (χ0v) is 18.4. The van der Waals surface area contributed by atoms with Gasteiger partial charge in [0.15, 0.2) is 11.5 Å². The molecule has 1 aromatic heterocycles. The van der Waals surface area contributed by atoms with Gasteiger partial charge in [0.1, 0.15) is 12.4 Å². The van der Waals surface area contributed by atoms with Crippen LogP contribution in [0.4, 0.5) is 5.69 Å². The third-order valence-electron chi connectivity index (χ3n) is 6.01. The smallest absolute Gasteiger partial charge is 0.231 e. The molecule has 0 bridgehead atoms. The minimum atomic E-state index is -0.269. The van der Waals surface area contributed by atoms with E-state index in [0.717, 1.165) is 28.7 Å². The first-order chi connectivity index (χ1) is 14.6. The molecular formula is C23H22N2O3S2. The Bertz CT molecular complexity index is 1130. The molecule has 2 atom stereocenters. The number of nitrogens with one attached hydrogen (secondary N) is 1. The summed E-state index contributed by atoms with van der Waals surface area (Å²) in [6.45, 7) is 5.25. The van der Waals surface area contributed by atoms with Crippen LogP contribution >= 0.6 is 23.1 Å². The van der Waals surface area contributed by atoms with Crippen molar-refractivity contribution in [3.05, 3.63) is 63.6 Å². The standard InChI is InChI=1S/C23H22N2O3S2/c1-13(2)21-24-14(9-29-21)10-30-22-23(15-5-3-4-6-17(15)25-22)11-26-18-8-20-19(7-16(18)23)27-12-28-20/h3-9,13,22,25H,10-12H2,1-2H3. The van der Waals surface area contributed by atoms with Gasteiger partial charge in [0.2, 0.25) is 6.79 Å². The molecule has 30 heavy (non-hydrogen) atoms. The monoisotopic (exact) mass is 438 g/mol. The lowest BCUT2D eigenvalue weighted by Gasteiger charge is -2.30. The van der Waals surface area contributed by atoms with E-state index >= 15 is 0 Å². The number of rotatable bonds is 4. The quantitative estimate of drug-likeness (QED) is 0.592. The van der Waals surface area contributed by atoms with E-state index in [4.69, 9.17) is 19.2 Å². The number of hydrogen-bond acceptors (Lipinski definition) is 7. The van der Waals surface area contributed by atoms with Crippen molar-refractivity contribution < 1.29 is 14.2 Å². The van der Waals surface area contributed by atoms with Crippen LogP contribution in [0.5, 0.6) is 17.2 Å². The Kier molecular flexibility index (Phi) is 4.18. The van der Waals surface area contributed by atoms with E-state index in [1.165, 1.54) is 21.8 Å². The number of benzene rings is 2. The molecule has 6 rings (SSSR count). The normalized spacial score (nSPS) is 22.8. The maximum Gasteiger partial charge on any atom is 0.231 e. The molecule has 0 radical (unpaired) electrons. The molecule has 7 heteroatoms. The fourth-order valence-electron chi connectivity index (χ4n) is 4.51. The summed E-state index contributed by atoms with van der Waals surface area (Å²) in [7, 11) is 0. The van der Waals surface area contributed by atoms with Crippen molar-refractivity contribution >= 4 is 28.8 Å². The topological polar surface area (TPSA) is 52.6 Å². The largest absolute Gasteiger partial charge is 0.492 e. The molecular weight excluding hydrogens is 416 g/mol. The molecule has 5 nitrogen and oxygen atoms in total. The maximum atomic E-state index is 6.23. The molecule has 1 spiro atoms. The Morgan fingerprint density at radius 1 is 1.13 bits per heavy atom. The van der Waals surface area contributed by atoms with Crippen LogP contribution in [0.25, 0.3) is 0 Å². The van der Waals surface area contributed by atoms with E-state index in [-0.39, 0.29) is 17.6 Å². The van der Waals surface area contributed by atoms with Crippen LogP contribution in [0.1, 0.15) is 41.6 Å². The predicted octanol–water partition coefficient (Wildman–Crippen LogP) is 5.36. The molecule has 0 amide bonds. The second-order valence-corrected chi connectivity index (χ2v) is 10.2. The van der Waals surface area contributed by atoms with Gasteiger partial charge in [-0.1, -0.05) is 32.0 Å². The van der Waals surface area contributed by atoms with Gasteiger partial charge in [-0.05, 0) is 17.7 Å². The first-order valence-electron chi connectivity index (χ1n) is 10.1. The molecule has 2 unspecified atom stereocenters. The van der Waals surface area contributed by atoms with Crippen molar-refractivity contribution in [2.75, 3.05) is 18.7 Å². The summed E-state index contributed by atoms with van der Waals surface area (Å²) in [4.78, 5) is 4.83. The summed E-state index contributed by atoms with van der Waals surface area (Å²) in [6.07, 6.45) is 0. The minimum Gasteiger partial charge on any atom is -0.492 e. The SMILES string of the molecule is CC(C)c1nc(CSC2Nc3ccccc3C23COc2cc4c(cc23)OCO4)cs1. The van der Waals surface area contributed by atoms with Crippen LogP contribution in [0.3, 0.4) is 0 Å². The van der Waals surface area contributed by atoms with Crippen molar-refractivity contribution in [1.29, 1.82) is 0 Å². The summed E-state index contributed by atoms with van der Waals surface area (Å²) >= 11 is 3.65. The average Bonchev–Trinajstić information content (AvgIpc) is 3.52. The van der Waals surface area contributed by atoms with Crippen LogP contribution in [0, 0.1) is 0 Å². The molecule has 0 saturated carbocycles. The predicted molar refractivity (Wildman–Crippen MR) is 120 cm³/mol. The van der Waals surface area contributed by atoms with Gasteiger partial charge >= 0.3 is 0 Å². The van der Waals surface area contributed by atoms with Crippen LogP contribution in [0.2, 0.25) is 0 Å². The average molecular weight is 439 g/mol. The number of nitrogens with zero attached hydrogens (tertiary/aromatic N) is 1. The maximum absolute atomic E-state index is 6.23. The molecule has 3 aliphatic heterocycles. The van der Waals surface area contributed by atoms with Crippen molar-refractivity contribution in [3.63, 3.8) is 0 Å². The van der Waals surface area contributed by atoms with Crippen LogP contribution in [-0.2, 0) is 11.2 Å². The molecule has 3 aliphatic rings. The van der Waals surface area contributed by atoms with E-state index in [1.807, 2.05) is 17.8 Å². The fraction of sp³-hybridized carbons (Fsp3) is 0.348. The molecule has 3 aromatic rings. The third-order valence-corrected chi connectivity index (χ3v) is 8.52. The Labute approximate surface area is 183 Å². The number of hydrogen-bond donors (Lipinski definition) is 1. The van der Waals surface area contributed by atoms with Crippen molar-refractivity contribution in [3.8, 4) is 17.2 Å². The highest BCUT2D eigenvalue weighted by Gasteiger charge is 2.54. The fourth-order valence-corrected chi connectivity index (χ4v) is 6.75. The van der Waals surface area contributed by atoms with Crippen LogP contribution in [0.15, 0.2) is 41.8 Å². The summed E-state index contributed by atoms with van der Waals surface area (Å²) < 4.78 is 17.5. The Balaban J connectivity index is 1.38. The summed E-state index contributed by atoms with van der Waals surface area (Å²) in [5.74, 6) is 3.77. The van der Waals surface area contributed by atoms with Crippen molar-refractivity contribution in [1.82, 2.24) is 4.98 Å². The van der Waals surface area contributed by atoms with Gasteiger partial charge in [-0.3, -0.25) is 0 Å².